The molecule has 1 fully saturated rings. The minimum absolute atomic E-state index is 0.109. The van der Waals surface area contributed by atoms with Crippen molar-refractivity contribution in [2.45, 2.75) is 56.5 Å². The Morgan fingerprint density at radius 3 is 2.65 bits per heavy atom. The van der Waals surface area contributed by atoms with Gasteiger partial charge in [0.25, 0.3) is 0 Å². The lowest BCUT2D eigenvalue weighted by Gasteiger charge is -2.39. The molecule has 1 saturated carbocycles. The van der Waals surface area contributed by atoms with E-state index < -0.39 is 0 Å². The zero-order valence-electron chi connectivity index (χ0n) is 12.4. The summed E-state index contributed by atoms with van der Waals surface area (Å²) < 4.78 is 13.6. The molecule has 3 heteroatoms. The molecule has 0 radical (unpaired) electrons. The van der Waals surface area contributed by atoms with Crippen molar-refractivity contribution in [3.05, 3.63) is 29.6 Å². The molecule has 0 saturated heterocycles. The molecule has 110 valence electrons. The summed E-state index contributed by atoms with van der Waals surface area (Å²) in [5.41, 5.74) is 1.17. The van der Waals surface area contributed by atoms with Crippen LogP contribution in [0.2, 0.25) is 0 Å². The lowest BCUT2D eigenvalue weighted by molar-refractivity contribution is 0.190. The first-order valence-corrected chi connectivity index (χ1v) is 8.82. The first kappa shape index (κ1) is 14.4. The molecular weight excluding hydrogens is 269 g/mol. The van der Waals surface area contributed by atoms with Gasteiger partial charge >= 0.3 is 0 Å². The summed E-state index contributed by atoms with van der Waals surface area (Å²) in [4.78, 5) is 1.26. The molecule has 0 bridgehead atoms. The summed E-state index contributed by atoms with van der Waals surface area (Å²) in [5, 5.41) is 3.86. The van der Waals surface area contributed by atoms with Gasteiger partial charge in [0.05, 0.1) is 0 Å². The Hall–Kier alpha value is -0.540. The van der Waals surface area contributed by atoms with Crippen LogP contribution in [0, 0.1) is 17.7 Å². The molecule has 2 aliphatic rings. The first-order chi connectivity index (χ1) is 9.65. The molecule has 0 aromatic heterocycles. The third-order valence-electron chi connectivity index (χ3n) is 4.95. The van der Waals surface area contributed by atoms with Gasteiger partial charge in [0.2, 0.25) is 0 Å². The lowest BCUT2D eigenvalue weighted by Crippen LogP contribution is -2.45. The number of fused-ring (bicyclic) bond motifs is 1. The van der Waals surface area contributed by atoms with E-state index in [0.29, 0.717) is 12.1 Å². The van der Waals surface area contributed by atoms with Crippen molar-refractivity contribution in [2.24, 2.45) is 11.8 Å². The van der Waals surface area contributed by atoms with E-state index in [4.69, 9.17) is 0 Å². The molecule has 3 unspecified atom stereocenters. The van der Waals surface area contributed by atoms with E-state index in [1.807, 2.05) is 17.8 Å². The van der Waals surface area contributed by atoms with Crippen LogP contribution in [0.25, 0.3) is 0 Å². The number of thioether (sulfide) groups is 1. The van der Waals surface area contributed by atoms with Crippen LogP contribution in [-0.4, -0.2) is 11.8 Å². The first-order valence-electron chi connectivity index (χ1n) is 7.83. The monoisotopic (exact) mass is 293 g/mol. The highest BCUT2D eigenvalue weighted by Gasteiger charge is 2.31. The minimum Gasteiger partial charge on any atom is -0.307 e. The van der Waals surface area contributed by atoms with Gasteiger partial charge in [-0.1, -0.05) is 20.3 Å². The topological polar surface area (TPSA) is 12.0 Å². The third kappa shape index (κ3) is 2.89. The molecule has 1 aromatic rings. The highest BCUT2D eigenvalue weighted by atomic mass is 32.2. The Balaban J connectivity index is 1.80. The standard InChI is InChI=1S/C17H24FNS/c1-11-4-3-5-12(2)17(11)19-15-8-9-20-16-7-6-13(18)10-14(15)16/h6-7,10-12,15,17,19H,3-5,8-9H2,1-2H3. The third-order valence-corrected chi connectivity index (χ3v) is 6.07. The van der Waals surface area contributed by atoms with Crippen molar-refractivity contribution in [1.29, 1.82) is 0 Å². The largest absolute Gasteiger partial charge is 0.307 e. The van der Waals surface area contributed by atoms with Crippen molar-refractivity contribution >= 4 is 11.8 Å². The van der Waals surface area contributed by atoms with Crippen LogP contribution in [0.5, 0.6) is 0 Å². The number of rotatable bonds is 2. The highest BCUT2D eigenvalue weighted by Crippen LogP contribution is 2.38. The van der Waals surface area contributed by atoms with E-state index in [0.717, 1.165) is 24.0 Å². The summed E-state index contributed by atoms with van der Waals surface area (Å²) in [7, 11) is 0. The second-order valence-electron chi connectivity index (χ2n) is 6.45. The normalized spacial score (nSPS) is 33.8. The number of halogens is 1. The summed E-state index contributed by atoms with van der Waals surface area (Å²) in [6.07, 6.45) is 5.10. The van der Waals surface area contributed by atoms with Crippen LogP contribution in [0.4, 0.5) is 4.39 Å². The van der Waals surface area contributed by atoms with Gasteiger partial charge in [-0.2, -0.15) is 0 Å². The van der Waals surface area contributed by atoms with Crippen molar-refractivity contribution < 1.29 is 4.39 Å². The average molecular weight is 293 g/mol. The van der Waals surface area contributed by atoms with Gasteiger partial charge in [0.15, 0.2) is 0 Å². The molecule has 3 atom stereocenters. The van der Waals surface area contributed by atoms with Gasteiger partial charge in [-0.05, 0) is 60.6 Å². The molecule has 1 N–H and O–H groups in total. The van der Waals surface area contributed by atoms with Crippen molar-refractivity contribution in [1.82, 2.24) is 5.32 Å². The fraction of sp³-hybridized carbons (Fsp3) is 0.647. The van der Waals surface area contributed by atoms with Gasteiger partial charge in [0, 0.05) is 17.0 Å². The molecule has 1 aromatic carbocycles. The second-order valence-corrected chi connectivity index (χ2v) is 7.59. The Bertz CT molecular complexity index is 466. The zero-order valence-corrected chi connectivity index (χ0v) is 13.2. The molecule has 3 rings (SSSR count). The van der Waals surface area contributed by atoms with E-state index in [1.54, 1.807) is 12.1 Å². The number of nitrogens with one attached hydrogen (secondary N) is 1. The molecule has 1 aliphatic heterocycles. The van der Waals surface area contributed by atoms with Crippen LogP contribution in [0.1, 0.15) is 51.1 Å². The summed E-state index contributed by atoms with van der Waals surface area (Å²) >= 11 is 1.86. The van der Waals surface area contributed by atoms with Crippen LogP contribution >= 0.6 is 11.8 Å². The van der Waals surface area contributed by atoms with E-state index in [9.17, 15) is 4.39 Å². The zero-order chi connectivity index (χ0) is 14.1. The van der Waals surface area contributed by atoms with E-state index in [-0.39, 0.29) is 5.82 Å². The maximum Gasteiger partial charge on any atom is 0.123 e. The van der Waals surface area contributed by atoms with Crippen LogP contribution in [-0.2, 0) is 0 Å². The molecule has 1 nitrogen and oxygen atoms in total. The lowest BCUT2D eigenvalue weighted by atomic mass is 9.78. The molecule has 0 spiro atoms. The maximum absolute atomic E-state index is 13.6. The maximum atomic E-state index is 13.6. The van der Waals surface area contributed by atoms with Gasteiger partial charge in [-0.25, -0.2) is 4.39 Å². The van der Waals surface area contributed by atoms with Gasteiger partial charge in [-0.3, -0.25) is 0 Å². The van der Waals surface area contributed by atoms with Crippen LogP contribution in [0.15, 0.2) is 23.1 Å². The Morgan fingerprint density at radius 2 is 1.90 bits per heavy atom. The Labute approximate surface area is 125 Å². The quantitative estimate of drug-likeness (QED) is 0.842. The minimum atomic E-state index is -0.109. The summed E-state index contributed by atoms with van der Waals surface area (Å²) in [6.45, 7) is 4.72. The summed E-state index contributed by atoms with van der Waals surface area (Å²) in [6, 6.07) is 6.16. The molecule has 1 aliphatic carbocycles. The number of hydrogen-bond donors (Lipinski definition) is 1. The average Bonchev–Trinajstić information content (AvgIpc) is 2.43. The Morgan fingerprint density at radius 1 is 1.15 bits per heavy atom. The smallest absolute Gasteiger partial charge is 0.123 e. The highest BCUT2D eigenvalue weighted by molar-refractivity contribution is 7.99. The van der Waals surface area contributed by atoms with E-state index >= 15 is 0 Å². The second kappa shape index (κ2) is 6.07. The van der Waals surface area contributed by atoms with Crippen LogP contribution in [0.3, 0.4) is 0 Å². The Kier molecular flexibility index (Phi) is 4.37. The predicted octanol–water partition coefficient (Wildman–Crippen LogP) is 4.78. The van der Waals surface area contributed by atoms with Crippen LogP contribution < -0.4 is 5.32 Å². The number of benzene rings is 1. The molecular formula is C17H24FNS. The predicted molar refractivity (Wildman–Crippen MR) is 83.6 cm³/mol. The van der Waals surface area contributed by atoms with Gasteiger partial charge < -0.3 is 5.32 Å². The van der Waals surface area contributed by atoms with E-state index in [2.05, 4.69) is 19.2 Å². The summed E-state index contributed by atoms with van der Waals surface area (Å²) in [5.74, 6) is 2.48. The fourth-order valence-electron chi connectivity index (χ4n) is 3.78. The van der Waals surface area contributed by atoms with Crippen molar-refractivity contribution in [3.8, 4) is 0 Å². The molecule has 20 heavy (non-hydrogen) atoms. The van der Waals surface area contributed by atoms with Gasteiger partial charge in [-0.15, -0.1) is 11.8 Å². The number of hydrogen-bond acceptors (Lipinski definition) is 2. The van der Waals surface area contributed by atoms with Crippen molar-refractivity contribution in [2.75, 3.05) is 5.75 Å². The van der Waals surface area contributed by atoms with Gasteiger partial charge in [0.1, 0.15) is 5.82 Å². The molecule has 0 amide bonds. The van der Waals surface area contributed by atoms with Crippen molar-refractivity contribution in [3.63, 3.8) is 0 Å². The fourth-order valence-corrected chi connectivity index (χ4v) is 4.89. The van der Waals surface area contributed by atoms with E-state index in [1.165, 1.54) is 29.7 Å². The SMILES string of the molecule is CC1CCCC(C)C1NC1CCSc2ccc(F)cc21. The molecule has 1 heterocycles.